The molecule has 192 valence electrons. The van der Waals surface area contributed by atoms with Crippen LogP contribution in [0, 0.1) is 12.8 Å². The lowest BCUT2D eigenvalue weighted by atomic mass is 9.94. The van der Waals surface area contributed by atoms with E-state index in [1.165, 1.54) is 12.8 Å². The van der Waals surface area contributed by atoms with Gasteiger partial charge in [0.25, 0.3) is 5.56 Å². The van der Waals surface area contributed by atoms with Crippen molar-refractivity contribution in [3.05, 3.63) is 63.9 Å². The molecule has 3 aromatic heterocycles. The molecule has 1 saturated heterocycles. The molecule has 1 fully saturated rings. The topological polar surface area (TPSA) is 88.8 Å². The second kappa shape index (κ2) is 10.9. The number of piperidine rings is 1. The monoisotopic (exact) mass is 517 g/mol. The third-order valence-corrected chi connectivity index (χ3v) is 7.44. The first-order valence-electron chi connectivity index (χ1n) is 12.8. The Kier molecular flexibility index (Phi) is 7.48. The van der Waals surface area contributed by atoms with E-state index < -0.39 is 0 Å². The molecule has 0 bridgehead atoms. The number of anilines is 1. The first-order chi connectivity index (χ1) is 17.9. The van der Waals surface area contributed by atoms with Crippen LogP contribution in [-0.4, -0.2) is 56.1 Å². The van der Waals surface area contributed by atoms with Crippen molar-refractivity contribution in [1.29, 1.82) is 0 Å². The first-order valence-corrected chi connectivity index (χ1v) is 13.2. The van der Waals surface area contributed by atoms with Crippen LogP contribution in [0.2, 0.25) is 5.02 Å². The molecule has 4 aromatic rings. The maximum absolute atomic E-state index is 13.5. The van der Waals surface area contributed by atoms with Crippen LogP contribution in [0.4, 0.5) is 5.95 Å². The summed E-state index contributed by atoms with van der Waals surface area (Å²) in [6.07, 6.45) is 8.75. The average Bonchev–Trinajstić information content (AvgIpc) is 2.90. The number of halogens is 1. The van der Waals surface area contributed by atoms with E-state index in [9.17, 15) is 4.79 Å². The van der Waals surface area contributed by atoms with Gasteiger partial charge in [-0.2, -0.15) is 4.98 Å². The summed E-state index contributed by atoms with van der Waals surface area (Å²) in [4.78, 5) is 33.9. The molecule has 0 radical (unpaired) electrons. The standard InChI is InChI=1S/C28H32ClN7O/c1-4-36-26-21(16-32-28(34-26)31-10-7-19-8-11-35(3)12-9-19)13-23(27(36)37)22-6-5-20(14-24(22)29)25-17-30-15-18(2)33-25/h5-6,13-17,19H,4,7-12H2,1-3H3,(H,31,32,34). The molecular weight excluding hydrogens is 486 g/mol. The molecule has 0 unspecified atom stereocenters. The number of nitrogens with one attached hydrogen (secondary N) is 1. The number of pyridine rings is 1. The van der Waals surface area contributed by atoms with E-state index in [2.05, 4.69) is 32.2 Å². The maximum Gasteiger partial charge on any atom is 0.260 e. The predicted molar refractivity (Wildman–Crippen MR) is 149 cm³/mol. The molecule has 9 heteroatoms. The number of benzene rings is 1. The third kappa shape index (κ3) is 5.50. The summed E-state index contributed by atoms with van der Waals surface area (Å²) in [6.45, 7) is 7.48. The van der Waals surface area contributed by atoms with E-state index in [4.69, 9.17) is 16.6 Å². The van der Waals surface area contributed by atoms with E-state index in [1.54, 1.807) is 23.2 Å². The molecular formula is C28H32ClN7O. The van der Waals surface area contributed by atoms with Gasteiger partial charge in [-0.25, -0.2) is 9.97 Å². The van der Waals surface area contributed by atoms with Crippen LogP contribution in [-0.2, 0) is 6.54 Å². The van der Waals surface area contributed by atoms with Gasteiger partial charge in [-0.15, -0.1) is 0 Å². The molecule has 1 aliphatic heterocycles. The molecule has 37 heavy (non-hydrogen) atoms. The third-order valence-electron chi connectivity index (χ3n) is 7.13. The van der Waals surface area contributed by atoms with Crippen LogP contribution in [0.1, 0.15) is 31.9 Å². The van der Waals surface area contributed by atoms with Crippen LogP contribution in [0.25, 0.3) is 33.4 Å². The SMILES string of the molecule is CCn1c(=O)c(-c2ccc(-c3cncc(C)n3)cc2Cl)cc2cnc(NCCC3CCN(C)CC3)nc21. The number of aryl methyl sites for hydroxylation is 2. The van der Waals surface area contributed by atoms with E-state index in [1.807, 2.05) is 38.1 Å². The summed E-state index contributed by atoms with van der Waals surface area (Å²) in [5.41, 5.74) is 4.09. The molecule has 0 amide bonds. The molecule has 4 heterocycles. The van der Waals surface area contributed by atoms with Gasteiger partial charge in [-0.1, -0.05) is 23.7 Å². The van der Waals surface area contributed by atoms with Gasteiger partial charge in [-0.3, -0.25) is 14.3 Å². The molecule has 0 saturated carbocycles. The molecule has 1 aliphatic rings. The first kappa shape index (κ1) is 25.3. The number of hydrogen-bond acceptors (Lipinski definition) is 7. The quantitative estimate of drug-likeness (QED) is 0.367. The van der Waals surface area contributed by atoms with Gasteiger partial charge in [0, 0.05) is 52.6 Å². The summed E-state index contributed by atoms with van der Waals surface area (Å²) < 4.78 is 1.69. The summed E-state index contributed by atoms with van der Waals surface area (Å²) in [7, 11) is 2.18. The van der Waals surface area contributed by atoms with Gasteiger partial charge in [-0.05, 0) is 71.3 Å². The Balaban J connectivity index is 1.41. The maximum atomic E-state index is 13.5. The van der Waals surface area contributed by atoms with Crippen molar-refractivity contribution in [3.8, 4) is 22.4 Å². The second-order valence-electron chi connectivity index (χ2n) is 9.78. The lowest BCUT2D eigenvalue weighted by Gasteiger charge is -2.28. The Morgan fingerprint density at radius 3 is 2.62 bits per heavy atom. The van der Waals surface area contributed by atoms with Crippen LogP contribution in [0.5, 0.6) is 0 Å². The van der Waals surface area contributed by atoms with Gasteiger partial charge < -0.3 is 10.2 Å². The second-order valence-corrected chi connectivity index (χ2v) is 10.2. The smallest absolute Gasteiger partial charge is 0.260 e. The van der Waals surface area contributed by atoms with Crippen LogP contribution in [0.15, 0.2) is 47.7 Å². The molecule has 0 spiro atoms. The molecule has 0 aliphatic carbocycles. The van der Waals surface area contributed by atoms with Crippen LogP contribution < -0.4 is 10.9 Å². The molecule has 1 aromatic carbocycles. The molecule has 1 N–H and O–H groups in total. The highest BCUT2D eigenvalue weighted by atomic mass is 35.5. The number of rotatable bonds is 7. The van der Waals surface area contributed by atoms with Gasteiger partial charge in [0.15, 0.2) is 0 Å². The zero-order valence-electron chi connectivity index (χ0n) is 21.5. The number of nitrogens with zero attached hydrogens (tertiary/aromatic N) is 6. The summed E-state index contributed by atoms with van der Waals surface area (Å²) in [5.74, 6) is 1.28. The minimum atomic E-state index is -0.129. The Hall–Kier alpha value is -3.36. The number of fused-ring (bicyclic) bond motifs is 1. The minimum Gasteiger partial charge on any atom is -0.354 e. The Morgan fingerprint density at radius 2 is 1.89 bits per heavy atom. The van der Waals surface area contributed by atoms with Crippen LogP contribution in [0.3, 0.4) is 0 Å². The summed E-state index contributed by atoms with van der Waals surface area (Å²) in [6, 6.07) is 7.44. The molecule has 8 nitrogen and oxygen atoms in total. The van der Waals surface area contributed by atoms with Crippen molar-refractivity contribution in [2.45, 2.75) is 39.7 Å². The fourth-order valence-electron chi connectivity index (χ4n) is 4.96. The lowest BCUT2D eigenvalue weighted by Crippen LogP contribution is -2.31. The van der Waals surface area contributed by atoms with E-state index in [0.29, 0.717) is 34.3 Å². The van der Waals surface area contributed by atoms with Crippen molar-refractivity contribution < 1.29 is 0 Å². The van der Waals surface area contributed by atoms with E-state index in [0.717, 1.165) is 54.3 Å². The van der Waals surface area contributed by atoms with Crippen molar-refractivity contribution in [2.75, 3.05) is 32.0 Å². The predicted octanol–water partition coefficient (Wildman–Crippen LogP) is 5.04. The fourth-order valence-corrected chi connectivity index (χ4v) is 5.25. The highest BCUT2D eigenvalue weighted by molar-refractivity contribution is 6.33. The Labute approximate surface area is 221 Å². The van der Waals surface area contributed by atoms with Gasteiger partial charge in [0.05, 0.1) is 17.6 Å². The Bertz CT molecular complexity index is 1480. The average molecular weight is 518 g/mol. The van der Waals surface area contributed by atoms with Gasteiger partial charge in [0.2, 0.25) is 5.95 Å². The van der Waals surface area contributed by atoms with Crippen molar-refractivity contribution >= 4 is 28.6 Å². The van der Waals surface area contributed by atoms with Crippen molar-refractivity contribution in [1.82, 2.24) is 29.4 Å². The van der Waals surface area contributed by atoms with Crippen molar-refractivity contribution in [2.24, 2.45) is 5.92 Å². The summed E-state index contributed by atoms with van der Waals surface area (Å²) in [5, 5.41) is 4.64. The highest BCUT2D eigenvalue weighted by Gasteiger charge is 2.18. The molecule has 0 atom stereocenters. The normalized spacial score (nSPS) is 14.8. The Morgan fingerprint density at radius 1 is 1.08 bits per heavy atom. The lowest BCUT2D eigenvalue weighted by molar-refractivity contribution is 0.215. The van der Waals surface area contributed by atoms with E-state index >= 15 is 0 Å². The molecule has 5 rings (SSSR count). The minimum absolute atomic E-state index is 0.129. The van der Waals surface area contributed by atoms with E-state index in [-0.39, 0.29) is 5.56 Å². The van der Waals surface area contributed by atoms with Crippen LogP contribution >= 0.6 is 11.6 Å². The van der Waals surface area contributed by atoms with Gasteiger partial charge in [0.1, 0.15) is 5.65 Å². The fraction of sp³-hybridized carbons (Fsp3) is 0.393. The number of aromatic nitrogens is 5. The largest absolute Gasteiger partial charge is 0.354 e. The van der Waals surface area contributed by atoms with Gasteiger partial charge >= 0.3 is 0 Å². The number of likely N-dealkylation sites (tertiary alicyclic amines) is 1. The number of hydrogen-bond donors (Lipinski definition) is 1. The highest BCUT2D eigenvalue weighted by Crippen LogP contribution is 2.31. The van der Waals surface area contributed by atoms with Crippen molar-refractivity contribution in [3.63, 3.8) is 0 Å². The summed E-state index contributed by atoms with van der Waals surface area (Å²) >= 11 is 6.69. The zero-order chi connectivity index (χ0) is 25.9. The zero-order valence-corrected chi connectivity index (χ0v) is 22.3.